The number of thioether (sulfide) groups is 1. The predicted octanol–water partition coefficient (Wildman–Crippen LogP) is 4.06. The standard InChI is InChI=1S/C17H24ClNO4S/c1-6-15(17(21)23-10(2)3)24-9-16(20)19-13-7-11(4)12(18)8-14(13)22-5/h7-8,10,15H,6,9H2,1-5H3,(H,19,20). The fourth-order valence-electron chi connectivity index (χ4n) is 1.95. The third-order valence-corrected chi connectivity index (χ3v) is 4.92. The maximum Gasteiger partial charge on any atom is 0.319 e. The van der Waals surface area contributed by atoms with Crippen molar-refractivity contribution in [3.05, 3.63) is 22.7 Å². The van der Waals surface area contributed by atoms with E-state index in [1.165, 1.54) is 18.9 Å². The lowest BCUT2D eigenvalue weighted by atomic mass is 10.2. The number of esters is 1. The number of nitrogens with one attached hydrogen (secondary N) is 1. The van der Waals surface area contributed by atoms with Gasteiger partial charge in [0.15, 0.2) is 0 Å². The molecule has 1 atom stereocenters. The second-order valence-electron chi connectivity index (χ2n) is 5.54. The van der Waals surface area contributed by atoms with Gasteiger partial charge in [-0.05, 0) is 38.8 Å². The summed E-state index contributed by atoms with van der Waals surface area (Å²) in [6, 6.07) is 3.42. The van der Waals surface area contributed by atoms with Crippen molar-refractivity contribution in [3.8, 4) is 5.75 Å². The molecule has 1 amide bonds. The van der Waals surface area contributed by atoms with Crippen LogP contribution in [0.3, 0.4) is 0 Å². The molecule has 0 saturated carbocycles. The van der Waals surface area contributed by atoms with E-state index in [1.807, 2.05) is 13.8 Å². The van der Waals surface area contributed by atoms with Crippen molar-refractivity contribution >= 4 is 40.9 Å². The van der Waals surface area contributed by atoms with Gasteiger partial charge in [-0.3, -0.25) is 9.59 Å². The minimum atomic E-state index is -0.355. The number of carbonyl (C=O) groups is 2. The molecule has 0 saturated heterocycles. The largest absolute Gasteiger partial charge is 0.495 e. The molecule has 0 spiro atoms. The molecule has 0 aliphatic rings. The SMILES string of the molecule is CCC(SCC(=O)Nc1cc(C)c(Cl)cc1OC)C(=O)OC(C)C. The number of halogens is 1. The fraction of sp³-hybridized carbons (Fsp3) is 0.529. The molecule has 1 aromatic rings. The van der Waals surface area contributed by atoms with Crippen LogP contribution in [0.25, 0.3) is 0 Å². The van der Waals surface area contributed by atoms with Crippen LogP contribution in [0.1, 0.15) is 32.8 Å². The maximum atomic E-state index is 12.2. The van der Waals surface area contributed by atoms with Crippen molar-refractivity contribution in [1.29, 1.82) is 0 Å². The minimum Gasteiger partial charge on any atom is -0.495 e. The zero-order valence-corrected chi connectivity index (χ0v) is 16.2. The average Bonchev–Trinajstić information content (AvgIpc) is 2.50. The summed E-state index contributed by atoms with van der Waals surface area (Å²) in [7, 11) is 1.51. The van der Waals surface area contributed by atoms with E-state index < -0.39 is 0 Å². The Morgan fingerprint density at radius 2 is 2.00 bits per heavy atom. The highest BCUT2D eigenvalue weighted by atomic mass is 35.5. The molecule has 1 N–H and O–H groups in total. The summed E-state index contributed by atoms with van der Waals surface area (Å²) in [5, 5.41) is 3.01. The van der Waals surface area contributed by atoms with Crippen molar-refractivity contribution in [1.82, 2.24) is 0 Å². The number of amides is 1. The van der Waals surface area contributed by atoms with Gasteiger partial charge in [0.25, 0.3) is 0 Å². The smallest absolute Gasteiger partial charge is 0.319 e. The number of aryl methyl sites for hydroxylation is 1. The van der Waals surface area contributed by atoms with Crippen LogP contribution in [0.2, 0.25) is 5.02 Å². The van der Waals surface area contributed by atoms with Crippen molar-refractivity contribution in [2.24, 2.45) is 0 Å². The summed E-state index contributed by atoms with van der Waals surface area (Å²) < 4.78 is 10.4. The Labute approximate surface area is 152 Å². The van der Waals surface area contributed by atoms with Gasteiger partial charge in [-0.15, -0.1) is 11.8 Å². The first-order valence-corrected chi connectivity index (χ1v) is 9.17. The summed E-state index contributed by atoms with van der Waals surface area (Å²) in [4.78, 5) is 24.1. The Morgan fingerprint density at radius 1 is 1.33 bits per heavy atom. The minimum absolute atomic E-state index is 0.149. The van der Waals surface area contributed by atoms with Crippen LogP contribution in [0.5, 0.6) is 5.75 Å². The molecule has 24 heavy (non-hydrogen) atoms. The topological polar surface area (TPSA) is 64.6 Å². The Morgan fingerprint density at radius 3 is 2.54 bits per heavy atom. The molecule has 0 aromatic heterocycles. The number of carbonyl (C=O) groups excluding carboxylic acids is 2. The van der Waals surface area contributed by atoms with Gasteiger partial charge in [0, 0.05) is 11.1 Å². The van der Waals surface area contributed by atoms with Gasteiger partial charge in [0.05, 0.1) is 24.7 Å². The molecule has 1 unspecified atom stereocenters. The average molecular weight is 374 g/mol. The normalized spacial score (nSPS) is 12.0. The Bertz CT molecular complexity index is 592. The van der Waals surface area contributed by atoms with Crippen LogP contribution in [0.4, 0.5) is 5.69 Å². The van der Waals surface area contributed by atoms with Crippen LogP contribution in [-0.4, -0.2) is 36.1 Å². The van der Waals surface area contributed by atoms with E-state index in [0.717, 1.165) is 5.56 Å². The van der Waals surface area contributed by atoms with Gasteiger partial charge >= 0.3 is 5.97 Å². The van der Waals surface area contributed by atoms with Crippen LogP contribution >= 0.6 is 23.4 Å². The lowest BCUT2D eigenvalue weighted by Gasteiger charge is -2.16. The third kappa shape index (κ3) is 6.24. The van der Waals surface area contributed by atoms with Crippen LogP contribution < -0.4 is 10.1 Å². The summed E-state index contributed by atoms with van der Waals surface area (Å²) in [6.45, 7) is 7.35. The maximum absolute atomic E-state index is 12.2. The van der Waals surface area contributed by atoms with Crippen LogP contribution in [0.15, 0.2) is 12.1 Å². The molecular formula is C17H24ClNO4S. The van der Waals surface area contributed by atoms with Gasteiger partial charge in [-0.1, -0.05) is 18.5 Å². The summed E-state index contributed by atoms with van der Waals surface area (Å²) >= 11 is 7.32. The first-order valence-electron chi connectivity index (χ1n) is 7.74. The number of hydrogen-bond donors (Lipinski definition) is 1. The highest BCUT2D eigenvalue weighted by Gasteiger charge is 2.21. The zero-order valence-electron chi connectivity index (χ0n) is 14.6. The number of rotatable bonds is 8. The van der Waals surface area contributed by atoms with Crippen LogP contribution in [0, 0.1) is 6.92 Å². The summed E-state index contributed by atoms with van der Waals surface area (Å²) in [5.74, 6) is 0.146. The second-order valence-corrected chi connectivity index (χ2v) is 7.14. The molecule has 1 aromatic carbocycles. The van der Waals surface area contributed by atoms with E-state index in [2.05, 4.69) is 5.32 Å². The molecule has 0 radical (unpaired) electrons. The Kier molecular flexibility index (Phi) is 8.42. The highest BCUT2D eigenvalue weighted by Crippen LogP contribution is 2.31. The number of anilines is 1. The summed E-state index contributed by atoms with van der Waals surface area (Å²) in [5.41, 5.74) is 1.40. The number of hydrogen-bond acceptors (Lipinski definition) is 5. The Hall–Kier alpha value is -1.40. The Balaban J connectivity index is 2.66. The lowest BCUT2D eigenvalue weighted by molar-refractivity contribution is -0.146. The van der Waals surface area contributed by atoms with Crippen LogP contribution in [-0.2, 0) is 14.3 Å². The number of ether oxygens (including phenoxy) is 2. The predicted molar refractivity (Wildman–Crippen MR) is 99.1 cm³/mol. The zero-order chi connectivity index (χ0) is 18.3. The first kappa shape index (κ1) is 20.6. The lowest BCUT2D eigenvalue weighted by Crippen LogP contribution is -2.25. The van der Waals surface area contributed by atoms with E-state index in [1.54, 1.807) is 26.0 Å². The van der Waals surface area contributed by atoms with E-state index in [0.29, 0.717) is 22.9 Å². The molecule has 134 valence electrons. The van der Waals surface area contributed by atoms with E-state index in [4.69, 9.17) is 21.1 Å². The highest BCUT2D eigenvalue weighted by molar-refractivity contribution is 8.01. The van der Waals surface area contributed by atoms with Crippen molar-refractivity contribution in [2.45, 2.75) is 45.5 Å². The summed E-state index contributed by atoms with van der Waals surface area (Å²) in [6.07, 6.45) is 0.439. The van der Waals surface area contributed by atoms with Crippen molar-refractivity contribution < 1.29 is 19.1 Å². The second kappa shape index (κ2) is 9.79. The molecule has 0 fully saturated rings. The van der Waals surface area contributed by atoms with Gasteiger partial charge < -0.3 is 14.8 Å². The van der Waals surface area contributed by atoms with E-state index >= 15 is 0 Å². The molecule has 0 aliphatic heterocycles. The number of methoxy groups -OCH3 is 1. The van der Waals surface area contributed by atoms with Crippen molar-refractivity contribution in [3.63, 3.8) is 0 Å². The fourth-order valence-corrected chi connectivity index (χ4v) is 2.96. The molecular weight excluding hydrogens is 350 g/mol. The van der Waals surface area contributed by atoms with Gasteiger partial charge in [-0.25, -0.2) is 0 Å². The quantitative estimate of drug-likeness (QED) is 0.696. The van der Waals surface area contributed by atoms with Gasteiger partial charge in [0.1, 0.15) is 11.0 Å². The number of benzene rings is 1. The van der Waals surface area contributed by atoms with Gasteiger partial charge in [0.2, 0.25) is 5.91 Å². The van der Waals surface area contributed by atoms with Gasteiger partial charge in [-0.2, -0.15) is 0 Å². The van der Waals surface area contributed by atoms with E-state index in [9.17, 15) is 9.59 Å². The van der Waals surface area contributed by atoms with Crippen molar-refractivity contribution in [2.75, 3.05) is 18.2 Å². The molecule has 0 aliphatic carbocycles. The molecule has 7 heteroatoms. The molecule has 0 bridgehead atoms. The first-order chi connectivity index (χ1) is 11.3. The van der Waals surface area contributed by atoms with E-state index in [-0.39, 0.29) is 29.0 Å². The third-order valence-electron chi connectivity index (χ3n) is 3.16. The molecule has 5 nitrogen and oxygen atoms in total. The monoisotopic (exact) mass is 373 g/mol. The molecule has 0 heterocycles. The molecule has 1 rings (SSSR count).